The highest BCUT2D eigenvalue weighted by molar-refractivity contribution is 6.32. The van der Waals surface area contributed by atoms with Crippen molar-refractivity contribution >= 4 is 23.2 Å². The molecule has 0 unspecified atom stereocenters. The number of halogens is 1. The van der Waals surface area contributed by atoms with E-state index in [-0.39, 0.29) is 23.7 Å². The van der Waals surface area contributed by atoms with Crippen LogP contribution < -0.4 is 14.4 Å². The van der Waals surface area contributed by atoms with Crippen LogP contribution in [0.25, 0.3) is 0 Å². The van der Waals surface area contributed by atoms with Crippen LogP contribution >= 0.6 is 11.6 Å². The van der Waals surface area contributed by atoms with Crippen molar-refractivity contribution in [1.29, 1.82) is 0 Å². The third kappa shape index (κ3) is 2.42. The maximum Gasteiger partial charge on any atom is 0.297 e. The van der Waals surface area contributed by atoms with Crippen LogP contribution in [-0.2, 0) is 0 Å². The zero-order valence-electron chi connectivity index (χ0n) is 11.5. The molecular formula is C14H13ClN2O4. The molecule has 21 heavy (non-hydrogen) atoms. The van der Waals surface area contributed by atoms with Gasteiger partial charge in [0.1, 0.15) is 6.10 Å². The molecule has 0 radical (unpaired) electrons. The third-order valence-electron chi connectivity index (χ3n) is 3.15. The molecule has 2 aromatic rings. The SMILES string of the molecule is COc1cc(C(=O)N2C[C@@H](C)Oc3c(Cl)cccc32)on1. The first-order valence-electron chi connectivity index (χ1n) is 6.38. The number of carbonyl (C=O) groups is 1. The van der Waals surface area contributed by atoms with Crippen LogP contribution in [0, 0.1) is 0 Å². The molecule has 0 bridgehead atoms. The van der Waals surface area contributed by atoms with E-state index in [9.17, 15) is 4.79 Å². The molecule has 1 atom stereocenters. The van der Waals surface area contributed by atoms with E-state index in [1.165, 1.54) is 13.2 Å². The van der Waals surface area contributed by atoms with Gasteiger partial charge in [0.25, 0.3) is 11.8 Å². The quantitative estimate of drug-likeness (QED) is 0.853. The zero-order chi connectivity index (χ0) is 15.0. The summed E-state index contributed by atoms with van der Waals surface area (Å²) in [6, 6.07) is 6.71. The molecule has 1 aliphatic heterocycles. The van der Waals surface area contributed by atoms with E-state index in [0.717, 1.165) is 0 Å². The van der Waals surface area contributed by atoms with Crippen LogP contribution in [0.4, 0.5) is 5.69 Å². The van der Waals surface area contributed by atoms with Gasteiger partial charge in [-0.2, -0.15) is 0 Å². The van der Waals surface area contributed by atoms with E-state index in [2.05, 4.69) is 5.16 Å². The molecule has 0 saturated carbocycles. The topological polar surface area (TPSA) is 64.8 Å². The number of para-hydroxylation sites is 1. The summed E-state index contributed by atoms with van der Waals surface area (Å²) in [5, 5.41) is 4.11. The Balaban J connectivity index is 1.99. The van der Waals surface area contributed by atoms with Crippen molar-refractivity contribution in [3.63, 3.8) is 0 Å². The Morgan fingerprint density at radius 3 is 3.05 bits per heavy atom. The van der Waals surface area contributed by atoms with Crippen molar-refractivity contribution in [3.05, 3.63) is 35.0 Å². The van der Waals surface area contributed by atoms with Gasteiger partial charge in [0.05, 0.1) is 30.4 Å². The Morgan fingerprint density at radius 1 is 1.52 bits per heavy atom. The van der Waals surface area contributed by atoms with Crippen molar-refractivity contribution in [2.75, 3.05) is 18.6 Å². The molecule has 0 spiro atoms. The maximum absolute atomic E-state index is 12.6. The largest absolute Gasteiger partial charge is 0.485 e. The van der Waals surface area contributed by atoms with Gasteiger partial charge in [-0.1, -0.05) is 17.7 Å². The van der Waals surface area contributed by atoms with Gasteiger partial charge in [0.2, 0.25) is 5.76 Å². The van der Waals surface area contributed by atoms with Gasteiger partial charge in [-0.25, -0.2) is 0 Å². The number of fused-ring (bicyclic) bond motifs is 1. The summed E-state index contributed by atoms with van der Waals surface area (Å²) in [6.07, 6.45) is -0.175. The van der Waals surface area contributed by atoms with Gasteiger partial charge < -0.3 is 14.0 Å². The second kappa shape index (κ2) is 5.29. The molecule has 0 saturated heterocycles. The van der Waals surface area contributed by atoms with Crippen LogP contribution in [0.3, 0.4) is 0 Å². The molecular weight excluding hydrogens is 296 g/mol. The van der Waals surface area contributed by atoms with Gasteiger partial charge in [-0.15, -0.1) is 0 Å². The highest BCUT2D eigenvalue weighted by Crippen LogP contribution is 2.39. The van der Waals surface area contributed by atoms with E-state index < -0.39 is 0 Å². The second-order valence-corrected chi connectivity index (χ2v) is 5.07. The van der Waals surface area contributed by atoms with Gasteiger partial charge in [0, 0.05) is 0 Å². The lowest BCUT2D eigenvalue weighted by molar-refractivity contribution is 0.0925. The fourth-order valence-electron chi connectivity index (χ4n) is 2.20. The minimum atomic E-state index is -0.315. The predicted molar refractivity (Wildman–Crippen MR) is 76.3 cm³/mol. The number of rotatable bonds is 2. The number of ether oxygens (including phenoxy) is 2. The molecule has 1 aromatic carbocycles. The molecule has 3 rings (SSSR count). The Labute approximate surface area is 126 Å². The number of hydrogen-bond acceptors (Lipinski definition) is 5. The number of nitrogens with zero attached hydrogens (tertiary/aromatic N) is 2. The fraction of sp³-hybridized carbons (Fsp3) is 0.286. The number of carbonyl (C=O) groups excluding carboxylic acids is 1. The van der Waals surface area contributed by atoms with E-state index in [1.807, 2.05) is 6.92 Å². The van der Waals surface area contributed by atoms with Gasteiger partial charge in [-0.3, -0.25) is 9.69 Å². The van der Waals surface area contributed by atoms with Crippen molar-refractivity contribution < 1.29 is 18.8 Å². The summed E-state index contributed by atoms with van der Waals surface area (Å²) in [6.45, 7) is 2.27. The Morgan fingerprint density at radius 2 is 2.33 bits per heavy atom. The van der Waals surface area contributed by atoms with Gasteiger partial charge in [0.15, 0.2) is 5.75 Å². The smallest absolute Gasteiger partial charge is 0.297 e. The monoisotopic (exact) mass is 308 g/mol. The minimum absolute atomic E-state index is 0.104. The van der Waals surface area contributed by atoms with Crippen molar-refractivity contribution in [2.24, 2.45) is 0 Å². The highest BCUT2D eigenvalue weighted by Gasteiger charge is 2.31. The number of amides is 1. The molecule has 1 aromatic heterocycles. The normalized spacial score (nSPS) is 17.1. The number of benzene rings is 1. The van der Waals surface area contributed by atoms with E-state index in [4.69, 9.17) is 25.6 Å². The number of hydrogen-bond donors (Lipinski definition) is 0. The van der Waals surface area contributed by atoms with E-state index in [0.29, 0.717) is 23.0 Å². The molecule has 0 aliphatic carbocycles. The van der Waals surface area contributed by atoms with Crippen LogP contribution in [0.2, 0.25) is 5.02 Å². The summed E-state index contributed by atoms with van der Waals surface area (Å²) >= 11 is 6.13. The summed E-state index contributed by atoms with van der Waals surface area (Å²) < 4.78 is 15.6. The number of aromatic nitrogens is 1. The Kier molecular flexibility index (Phi) is 3.47. The summed E-state index contributed by atoms with van der Waals surface area (Å²) in [5.41, 5.74) is 0.612. The van der Waals surface area contributed by atoms with Crippen LogP contribution in [-0.4, -0.2) is 30.8 Å². The van der Waals surface area contributed by atoms with Crippen molar-refractivity contribution in [1.82, 2.24) is 5.16 Å². The molecule has 1 amide bonds. The Bertz CT molecular complexity index is 685. The lowest BCUT2D eigenvalue weighted by Crippen LogP contribution is -2.42. The molecule has 1 aliphatic rings. The third-order valence-corrected chi connectivity index (χ3v) is 3.45. The summed E-state index contributed by atoms with van der Waals surface area (Å²) in [7, 11) is 1.46. The van der Waals surface area contributed by atoms with Crippen LogP contribution in [0.15, 0.2) is 28.8 Å². The molecule has 2 heterocycles. The van der Waals surface area contributed by atoms with E-state index >= 15 is 0 Å². The minimum Gasteiger partial charge on any atom is -0.485 e. The molecule has 0 fully saturated rings. The lowest BCUT2D eigenvalue weighted by atomic mass is 10.2. The van der Waals surface area contributed by atoms with Crippen LogP contribution in [0.1, 0.15) is 17.5 Å². The average molecular weight is 309 g/mol. The summed E-state index contributed by atoms with van der Waals surface area (Å²) in [4.78, 5) is 14.2. The standard InChI is InChI=1S/C14H13ClN2O4/c1-8-7-17(10-5-3-4-9(15)13(10)20-8)14(18)11-6-12(19-2)16-21-11/h3-6,8H,7H2,1-2H3/t8-/m1/s1. The summed E-state index contributed by atoms with van der Waals surface area (Å²) in [5.74, 6) is 0.542. The highest BCUT2D eigenvalue weighted by atomic mass is 35.5. The molecule has 110 valence electrons. The first-order chi connectivity index (χ1) is 10.1. The number of anilines is 1. The maximum atomic E-state index is 12.6. The lowest BCUT2D eigenvalue weighted by Gasteiger charge is -2.33. The Hall–Kier alpha value is -2.21. The number of methoxy groups -OCH3 is 1. The molecule has 6 nitrogen and oxygen atoms in total. The predicted octanol–water partition coefficient (Wildman–Crippen LogP) is 2.76. The fourth-order valence-corrected chi connectivity index (χ4v) is 2.42. The first kappa shape index (κ1) is 13.8. The zero-order valence-corrected chi connectivity index (χ0v) is 12.3. The second-order valence-electron chi connectivity index (χ2n) is 4.67. The van der Waals surface area contributed by atoms with E-state index in [1.54, 1.807) is 23.1 Å². The van der Waals surface area contributed by atoms with Crippen LogP contribution in [0.5, 0.6) is 11.6 Å². The van der Waals surface area contributed by atoms with Crippen molar-refractivity contribution in [2.45, 2.75) is 13.0 Å². The molecule has 7 heteroatoms. The van der Waals surface area contributed by atoms with Gasteiger partial charge in [-0.05, 0) is 24.2 Å². The first-order valence-corrected chi connectivity index (χ1v) is 6.75. The van der Waals surface area contributed by atoms with Gasteiger partial charge >= 0.3 is 0 Å². The van der Waals surface area contributed by atoms with Crippen molar-refractivity contribution in [3.8, 4) is 11.6 Å². The molecule has 0 N–H and O–H groups in total. The average Bonchev–Trinajstić information content (AvgIpc) is 2.96.